The molecule has 16 heavy (non-hydrogen) atoms. The number of aromatic carboxylic acids is 1. The van der Waals surface area contributed by atoms with Crippen LogP contribution in [0.15, 0.2) is 42.6 Å². The predicted octanol–water partition coefficient (Wildman–Crippen LogP) is 2.03. The highest BCUT2D eigenvalue weighted by Crippen LogP contribution is 2.24. The lowest BCUT2D eigenvalue weighted by Crippen LogP contribution is -1.97. The van der Waals surface area contributed by atoms with Crippen molar-refractivity contribution in [2.24, 2.45) is 0 Å². The maximum absolute atomic E-state index is 10.8. The molecule has 0 saturated carbocycles. The van der Waals surface area contributed by atoms with E-state index in [0.717, 1.165) is 11.1 Å². The minimum absolute atomic E-state index is 0.237. The van der Waals surface area contributed by atoms with Crippen LogP contribution in [0.25, 0.3) is 11.1 Å². The fourth-order valence-corrected chi connectivity index (χ4v) is 1.48. The van der Waals surface area contributed by atoms with Gasteiger partial charge in [0.05, 0.1) is 5.56 Å². The molecule has 1 heterocycles. The molecule has 0 radical (unpaired) electrons. The highest BCUT2D eigenvalue weighted by atomic mass is 16.4. The molecule has 1 aromatic carbocycles. The van der Waals surface area contributed by atoms with Crippen LogP contribution in [0.4, 0.5) is 5.82 Å². The zero-order valence-corrected chi connectivity index (χ0v) is 8.42. The molecule has 0 unspecified atom stereocenters. The first-order valence-corrected chi connectivity index (χ1v) is 4.72. The maximum Gasteiger partial charge on any atom is 0.335 e. The van der Waals surface area contributed by atoms with Crippen molar-refractivity contribution in [2.45, 2.75) is 0 Å². The molecule has 0 aliphatic rings. The Morgan fingerprint density at radius 2 is 2.06 bits per heavy atom. The number of hydrogen-bond acceptors (Lipinski definition) is 3. The van der Waals surface area contributed by atoms with Gasteiger partial charge in [0.2, 0.25) is 0 Å². The molecule has 0 spiro atoms. The van der Waals surface area contributed by atoms with E-state index in [0.29, 0.717) is 5.82 Å². The van der Waals surface area contributed by atoms with Gasteiger partial charge in [-0.2, -0.15) is 0 Å². The summed E-state index contributed by atoms with van der Waals surface area (Å²) in [6, 6.07) is 10.2. The van der Waals surface area contributed by atoms with Gasteiger partial charge in [0.15, 0.2) is 0 Å². The minimum atomic E-state index is -0.954. The Morgan fingerprint density at radius 1 is 1.25 bits per heavy atom. The summed E-state index contributed by atoms with van der Waals surface area (Å²) in [5.41, 5.74) is 7.45. The van der Waals surface area contributed by atoms with E-state index in [1.54, 1.807) is 36.5 Å². The number of nitrogen functional groups attached to an aromatic ring is 1. The third-order valence-electron chi connectivity index (χ3n) is 2.26. The molecule has 0 amide bonds. The number of aromatic nitrogens is 1. The average molecular weight is 214 g/mol. The van der Waals surface area contributed by atoms with Crippen LogP contribution >= 0.6 is 0 Å². The highest BCUT2D eigenvalue weighted by molar-refractivity contribution is 5.90. The molecule has 1 aromatic heterocycles. The van der Waals surface area contributed by atoms with Crippen LogP contribution in [0, 0.1) is 0 Å². The van der Waals surface area contributed by atoms with Crippen LogP contribution in [0.1, 0.15) is 10.4 Å². The number of hydrogen-bond donors (Lipinski definition) is 2. The standard InChI is InChI=1S/C12H10N2O2/c13-11-10(5-2-6-14-11)8-3-1-4-9(7-8)12(15)16/h1-7H,(H2,13,14)(H,15,16). The van der Waals surface area contributed by atoms with Crippen molar-refractivity contribution in [3.05, 3.63) is 48.2 Å². The average Bonchev–Trinajstić information content (AvgIpc) is 2.30. The van der Waals surface area contributed by atoms with Crippen LogP contribution in [0.5, 0.6) is 0 Å². The van der Waals surface area contributed by atoms with E-state index in [9.17, 15) is 4.79 Å². The number of carboxylic acid groups (broad SMARTS) is 1. The molecule has 0 aliphatic heterocycles. The summed E-state index contributed by atoms with van der Waals surface area (Å²) < 4.78 is 0. The van der Waals surface area contributed by atoms with E-state index in [2.05, 4.69) is 4.98 Å². The van der Waals surface area contributed by atoms with E-state index < -0.39 is 5.97 Å². The number of anilines is 1. The number of nitrogens with zero attached hydrogens (tertiary/aromatic N) is 1. The lowest BCUT2D eigenvalue weighted by Gasteiger charge is -2.05. The SMILES string of the molecule is Nc1ncccc1-c1cccc(C(=O)O)c1. The van der Waals surface area contributed by atoms with Gasteiger partial charge in [0.25, 0.3) is 0 Å². The summed E-state index contributed by atoms with van der Waals surface area (Å²) in [5.74, 6) is -0.561. The Balaban J connectivity index is 2.53. The molecule has 0 atom stereocenters. The van der Waals surface area contributed by atoms with Crippen molar-refractivity contribution in [3.8, 4) is 11.1 Å². The lowest BCUT2D eigenvalue weighted by molar-refractivity contribution is 0.0697. The number of nitrogens with two attached hydrogens (primary N) is 1. The van der Waals surface area contributed by atoms with Crippen LogP contribution < -0.4 is 5.73 Å². The van der Waals surface area contributed by atoms with Crippen molar-refractivity contribution in [1.82, 2.24) is 4.98 Å². The Bertz CT molecular complexity index is 538. The van der Waals surface area contributed by atoms with Crippen LogP contribution in [0.2, 0.25) is 0 Å². The van der Waals surface area contributed by atoms with Gasteiger partial charge in [-0.3, -0.25) is 0 Å². The fourth-order valence-electron chi connectivity index (χ4n) is 1.48. The number of carbonyl (C=O) groups is 1. The van der Waals surface area contributed by atoms with Crippen LogP contribution in [-0.2, 0) is 0 Å². The van der Waals surface area contributed by atoms with Gasteiger partial charge in [-0.25, -0.2) is 9.78 Å². The van der Waals surface area contributed by atoms with Gasteiger partial charge in [-0.05, 0) is 29.8 Å². The van der Waals surface area contributed by atoms with Crippen molar-refractivity contribution in [3.63, 3.8) is 0 Å². The summed E-state index contributed by atoms with van der Waals surface area (Å²) in [6.07, 6.45) is 1.60. The number of benzene rings is 1. The third-order valence-corrected chi connectivity index (χ3v) is 2.26. The molecule has 4 heteroatoms. The van der Waals surface area contributed by atoms with Crippen molar-refractivity contribution < 1.29 is 9.90 Å². The summed E-state index contributed by atoms with van der Waals surface area (Å²) >= 11 is 0. The van der Waals surface area contributed by atoms with Gasteiger partial charge in [-0.15, -0.1) is 0 Å². The van der Waals surface area contributed by atoms with Gasteiger partial charge >= 0.3 is 5.97 Å². The number of carboxylic acids is 1. The number of rotatable bonds is 2. The monoisotopic (exact) mass is 214 g/mol. The Morgan fingerprint density at radius 3 is 2.75 bits per heavy atom. The Labute approximate surface area is 92.4 Å². The Hall–Kier alpha value is -2.36. The topological polar surface area (TPSA) is 76.2 Å². The fraction of sp³-hybridized carbons (Fsp3) is 0. The van der Waals surface area contributed by atoms with E-state index in [1.165, 1.54) is 0 Å². The van der Waals surface area contributed by atoms with Gasteiger partial charge in [0.1, 0.15) is 5.82 Å². The second kappa shape index (κ2) is 4.02. The molecule has 0 aliphatic carbocycles. The molecule has 3 N–H and O–H groups in total. The van der Waals surface area contributed by atoms with Crippen LogP contribution in [-0.4, -0.2) is 16.1 Å². The second-order valence-corrected chi connectivity index (χ2v) is 3.32. The summed E-state index contributed by atoms with van der Waals surface area (Å²) in [6.45, 7) is 0. The zero-order chi connectivity index (χ0) is 11.5. The predicted molar refractivity (Wildman–Crippen MR) is 61.0 cm³/mol. The molecule has 80 valence electrons. The molecule has 2 aromatic rings. The first-order chi connectivity index (χ1) is 7.68. The summed E-state index contributed by atoms with van der Waals surface area (Å²) in [7, 11) is 0. The van der Waals surface area contributed by atoms with E-state index >= 15 is 0 Å². The molecule has 0 saturated heterocycles. The van der Waals surface area contributed by atoms with Crippen molar-refractivity contribution >= 4 is 11.8 Å². The largest absolute Gasteiger partial charge is 0.478 e. The molecule has 2 rings (SSSR count). The van der Waals surface area contributed by atoms with Crippen molar-refractivity contribution in [1.29, 1.82) is 0 Å². The second-order valence-electron chi connectivity index (χ2n) is 3.32. The van der Waals surface area contributed by atoms with E-state index in [4.69, 9.17) is 10.8 Å². The summed E-state index contributed by atoms with van der Waals surface area (Å²) in [5, 5.41) is 8.88. The van der Waals surface area contributed by atoms with Crippen LogP contribution in [0.3, 0.4) is 0 Å². The van der Waals surface area contributed by atoms with Gasteiger partial charge in [0, 0.05) is 11.8 Å². The zero-order valence-electron chi connectivity index (χ0n) is 8.42. The molecular weight excluding hydrogens is 204 g/mol. The minimum Gasteiger partial charge on any atom is -0.478 e. The normalized spacial score (nSPS) is 10.0. The van der Waals surface area contributed by atoms with Crippen molar-refractivity contribution in [2.75, 3.05) is 5.73 Å². The molecule has 0 fully saturated rings. The van der Waals surface area contributed by atoms with Gasteiger partial charge in [-0.1, -0.05) is 12.1 Å². The highest BCUT2D eigenvalue weighted by Gasteiger charge is 2.06. The summed E-state index contributed by atoms with van der Waals surface area (Å²) in [4.78, 5) is 14.8. The third kappa shape index (κ3) is 1.86. The molecule has 4 nitrogen and oxygen atoms in total. The maximum atomic E-state index is 10.8. The quantitative estimate of drug-likeness (QED) is 0.801. The molecule has 0 bridgehead atoms. The first-order valence-electron chi connectivity index (χ1n) is 4.72. The lowest BCUT2D eigenvalue weighted by atomic mass is 10.0. The first kappa shape index (κ1) is 10.2. The Kier molecular flexibility index (Phi) is 2.55. The van der Waals surface area contributed by atoms with E-state index in [-0.39, 0.29) is 5.56 Å². The number of pyridine rings is 1. The molecular formula is C12H10N2O2. The smallest absolute Gasteiger partial charge is 0.335 e. The van der Waals surface area contributed by atoms with Gasteiger partial charge < -0.3 is 10.8 Å². The van der Waals surface area contributed by atoms with E-state index in [1.807, 2.05) is 6.07 Å².